The van der Waals surface area contributed by atoms with Crippen molar-refractivity contribution in [1.29, 1.82) is 0 Å². The molecule has 22 heavy (non-hydrogen) atoms. The van der Waals surface area contributed by atoms with E-state index in [2.05, 4.69) is 10.3 Å². The molecule has 0 bridgehead atoms. The van der Waals surface area contributed by atoms with Crippen LogP contribution in [0.2, 0.25) is 5.02 Å². The smallest absolute Gasteiger partial charge is 0.244 e. The quantitative estimate of drug-likeness (QED) is 0.744. The number of carbonyl (C=O) groups excluding carboxylic acids is 1. The minimum absolute atomic E-state index is 0.0458. The van der Waals surface area contributed by atoms with Crippen molar-refractivity contribution in [3.63, 3.8) is 0 Å². The number of halogens is 1. The van der Waals surface area contributed by atoms with Gasteiger partial charge >= 0.3 is 0 Å². The van der Waals surface area contributed by atoms with E-state index < -0.39 is 0 Å². The van der Waals surface area contributed by atoms with Crippen molar-refractivity contribution in [1.82, 2.24) is 19.9 Å². The van der Waals surface area contributed by atoms with Gasteiger partial charge in [0, 0.05) is 18.6 Å². The van der Waals surface area contributed by atoms with Crippen LogP contribution in [0.4, 0.5) is 0 Å². The number of nitrogens with zero attached hydrogens (tertiary/aromatic N) is 4. The number of hydrogen-bond acceptors (Lipinski definition) is 3. The molecule has 0 aliphatic heterocycles. The Morgan fingerprint density at radius 1 is 1.18 bits per heavy atom. The van der Waals surface area contributed by atoms with E-state index in [4.69, 9.17) is 11.6 Å². The first-order chi connectivity index (χ1) is 10.6. The summed E-state index contributed by atoms with van der Waals surface area (Å²) in [6.45, 7) is 0.618. The molecule has 112 valence electrons. The lowest BCUT2D eigenvalue weighted by Gasteiger charge is -2.18. The van der Waals surface area contributed by atoms with Gasteiger partial charge in [-0.05, 0) is 23.8 Å². The zero-order chi connectivity index (χ0) is 15.5. The van der Waals surface area contributed by atoms with Crippen LogP contribution >= 0.6 is 11.6 Å². The highest BCUT2D eigenvalue weighted by Gasteiger charge is 2.14. The Labute approximate surface area is 133 Å². The number of hydrogen-bond donors (Lipinski definition) is 0. The van der Waals surface area contributed by atoms with E-state index in [1.54, 1.807) is 16.6 Å². The van der Waals surface area contributed by atoms with Crippen molar-refractivity contribution >= 4 is 28.5 Å². The van der Waals surface area contributed by atoms with Crippen LogP contribution in [0.25, 0.3) is 11.0 Å². The van der Waals surface area contributed by atoms with Crippen LogP contribution in [0, 0.1) is 0 Å². The van der Waals surface area contributed by atoms with E-state index >= 15 is 0 Å². The summed E-state index contributed by atoms with van der Waals surface area (Å²) in [5.41, 5.74) is 2.55. The zero-order valence-corrected chi connectivity index (χ0v) is 12.9. The van der Waals surface area contributed by atoms with Crippen molar-refractivity contribution in [3.05, 3.63) is 59.1 Å². The van der Waals surface area contributed by atoms with E-state index in [1.165, 1.54) is 0 Å². The van der Waals surface area contributed by atoms with Crippen LogP contribution < -0.4 is 0 Å². The molecular weight excluding hydrogens is 300 g/mol. The number of para-hydroxylation sites is 1. The average Bonchev–Trinajstić information content (AvgIpc) is 2.93. The third kappa shape index (κ3) is 2.94. The van der Waals surface area contributed by atoms with Gasteiger partial charge in [-0.1, -0.05) is 47.1 Å². The SMILES string of the molecule is CN(Cc1ccccc1Cl)C(=O)Cn1nnc2ccccc21. The van der Waals surface area contributed by atoms with Gasteiger partial charge in [-0.3, -0.25) is 4.79 Å². The second-order valence-electron chi connectivity index (χ2n) is 5.08. The highest BCUT2D eigenvalue weighted by atomic mass is 35.5. The standard InChI is InChI=1S/C16H15ClN4O/c1-20(10-12-6-2-3-7-13(12)17)16(22)11-21-15-9-5-4-8-14(15)18-19-21/h2-9H,10-11H2,1H3. The molecular formula is C16H15ClN4O. The van der Waals surface area contributed by atoms with Crippen LogP contribution in [0.3, 0.4) is 0 Å². The second-order valence-corrected chi connectivity index (χ2v) is 5.48. The van der Waals surface area contributed by atoms with E-state index in [0.717, 1.165) is 16.6 Å². The molecule has 1 heterocycles. The second kappa shape index (κ2) is 6.15. The van der Waals surface area contributed by atoms with Gasteiger partial charge < -0.3 is 4.90 Å². The summed E-state index contributed by atoms with van der Waals surface area (Å²) in [5.74, 6) is -0.0458. The van der Waals surface area contributed by atoms with Crippen molar-refractivity contribution in [3.8, 4) is 0 Å². The molecule has 0 atom stereocenters. The van der Waals surface area contributed by atoms with Gasteiger partial charge in [0.1, 0.15) is 12.1 Å². The first-order valence-electron chi connectivity index (χ1n) is 6.91. The predicted octanol–water partition coefficient (Wildman–Crippen LogP) is 2.74. The third-order valence-corrected chi connectivity index (χ3v) is 3.87. The van der Waals surface area contributed by atoms with Crippen LogP contribution in [0.5, 0.6) is 0 Å². The Kier molecular flexibility index (Phi) is 4.06. The Morgan fingerprint density at radius 2 is 1.91 bits per heavy atom. The summed E-state index contributed by atoms with van der Waals surface area (Å²) in [4.78, 5) is 14.0. The van der Waals surface area contributed by atoms with Gasteiger partial charge in [-0.15, -0.1) is 5.10 Å². The molecule has 5 nitrogen and oxygen atoms in total. The molecule has 0 saturated carbocycles. The molecule has 3 rings (SSSR count). The van der Waals surface area contributed by atoms with Gasteiger partial charge in [-0.2, -0.15) is 0 Å². The van der Waals surface area contributed by atoms with Crippen LogP contribution in [-0.4, -0.2) is 32.8 Å². The summed E-state index contributed by atoms with van der Waals surface area (Å²) < 4.78 is 1.61. The summed E-state index contributed by atoms with van der Waals surface area (Å²) >= 11 is 6.13. The van der Waals surface area contributed by atoms with E-state index in [0.29, 0.717) is 11.6 Å². The summed E-state index contributed by atoms with van der Waals surface area (Å²) in [6, 6.07) is 15.1. The molecule has 0 N–H and O–H groups in total. The summed E-state index contributed by atoms with van der Waals surface area (Å²) in [7, 11) is 1.75. The molecule has 1 amide bonds. The monoisotopic (exact) mass is 314 g/mol. The fraction of sp³-hybridized carbons (Fsp3) is 0.188. The molecule has 0 aliphatic carbocycles. The molecule has 2 aromatic carbocycles. The van der Waals surface area contributed by atoms with Crippen molar-refractivity contribution < 1.29 is 4.79 Å². The van der Waals surface area contributed by atoms with Crippen LogP contribution in [-0.2, 0) is 17.9 Å². The topological polar surface area (TPSA) is 51.0 Å². The molecule has 6 heteroatoms. The van der Waals surface area contributed by atoms with E-state index in [1.807, 2.05) is 48.5 Å². The van der Waals surface area contributed by atoms with Crippen LogP contribution in [0.15, 0.2) is 48.5 Å². The number of rotatable bonds is 4. The fourth-order valence-electron chi connectivity index (χ4n) is 2.25. The fourth-order valence-corrected chi connectivity index (χ4v) is 2.45. The Balaban J connectivity index is 1.73. The molecule has 3 aromatic rings. The number of aromatic nitrogens is 3. The normalized spacial score (nSPS) is 10.8. The zero-order valence-electron chi connectivity index (χ0n) is 12.1. The average molecular weight is 315 g/mol. The summed E-state index contributed by atoms with van der Waals surface area (Å²) in [6.07, 6.45) is 0. The van der Waals surface area contributed by atoms with Gasteiger partial charge in [0.15, 0.2) is 0 Å². The number of amides is 1. The molecule has 0 saturated heterocycles. The van der Waals surface area contributed by atoms with Crippen LogP contribution in [0.1, 0.15) is 5.56 Å². The molecule has 0 aliphatic rings. The summed E-state index contributed by atoms with van der Waals surface area (Å²) in [5, 5.41) is 8.75. The molecule has 1 aromatic heterocycles. The number of carbonyl (C=O) groups is 1. The first-order valence-corrected chi connectivity index (χ1v) is 7.28. The van der Waals surface area contributed by atoms with E-state index in [9.17, 15) is 4.79 Å². The lowest BCUT2D eigenvalue weighted by Crippen LogP contribution is -2.30. The highest BCUT2D eigenvalue weighted by Crippen LogP contribution is 2.17. The first kappa shape index (κ1) is 14.5. The van der Waals surface area contributed by atoms with E-state index in [-0.39, 0.29) is 12.5 Å². The third-order valence-electron chi connectivity index (χ3n) is 3.50. The lowest BCUT2D eigenvalue weighted by atomic mass is 10.2. The Hall–Kier alpha value is -2.40. The van der Waals surface area contributed by atoms with Gasteiger partial charge in [0.2, 0.25) is 5.91 Å². The molecule has 0 unspecified atom stereocenters. The largest absolute Gasteiger partial charge is 0.340 e. The molecule has 0 fully saturated rings. The maximum Gasteiger partial charge on any atom is 0.244 e. The predicted molar refractivity (Wildman–Crippen MR) is 85.5 cm³/mol. The minimum atomic E-state index is -0.0458. The van der Waals surface area contributed by atoms with Gasteiger partial charge in [0.05, 0.1) is 5.52 Å². The van der Waals surface area contributed by atoms with Gasteiger partial charge in [0.25, 0.3) is 0 Å². The Bertz CT molecular complexity index is 815. The maximum absolute atomic E-state index is 12.4. The van der Waals surface area contributed by atoms with Crippen molar-refractivity contribution in [2.75, 3.05) is 7.05 Å². The lowest BCUT2D eigenvalue weighted by molar-refractivity contribution is -0.131. The highest BCUT2D eigenvalue weighted by molar-refractivity contribution is 6.31. The molecule has 0 spiro atoms. The van der Waals surface area contributed by atoms with Crippen molar-refractivity contribution in [2.45, 2.75) is 13.1 Å². The minimum Gasteiger partial charge on any atom is -0.340 e. The maximum atomic E-state index is 12.4. The molecule has 0 radical (unpaired) electrons. The number of likely N-dealkylation sites (N-methyl/N-ethyl adjacent to an activating group) is 1. The van der Waals surface area contributed by atoms with Crippen molar-refractivity contribution in [2.24, 2.45) is 0 Å². The van der Waals surface area contributed by atoms with Gasteiger partial charge in [-0.25, -0.2) is 4.68 Å². The number of fused-ring (bicyclic) bond motifs is 1. The Morgan fingerprint density at radius 3 is 2.73 bits per heavy atom. The number of benzene rings is 2.